The van der Waals surface area contributed by atoms with Gasteiger partial charge in [-0.3, -0.25) is 14.2 Å². The highest BCUT2D eigenvalue weighted by Crippen LogP contribution is 2.49. The van der Waals surface area contributed by atoms with E-state index < -0.39 is 11.2 Å². The first-order valence-electron chi connectivity index (χ1n) is 7.76. The van der Waals surface area contributed by atoms with Crippen LogP contribution in [-0.2, 0) is 11.3 Å². The highest BCUT2D eigenvalue weighted by molar-refractivity contribution is 5.80. The number of nitrogens with one attached hydrogen (secondary N) is 1. The van der Waals surface area contributed by atoms with Crippen molar-refractivity contribution in [2.24, 2.45) is 11.7 Å². The van der Waals surface area contributed by atoms with Gasteiger partial charge < -0.3 is 15.6 Å². The number of H-pyrrole nitrogens is 1. The van der Waals surface area contributed by atoms with Crippen molar-refractivity contribution in [2.45, 2.75) is 24.9 Å². The van der Waals surface area contributed by atoms with Gasteiger partial charge in [0.05, 0.1) is 16.4 Å². The topological polar surface area (TPSA) is 101 Å². The molecule has 3 fully saturated rings. The van der Waals surface area contributed by atoms with Gasteiger partial charge in [0.1, 0.15) is 6.54 Å². The molecule has 2 aliphatic heterocycles. The number of aromatic nitrogens is 2. The van der Waals surface area contributed by atoms with Gasteiger partial charge in [0, 0.05) is 13.1 Å². The Morgan fingerprint density at radius 2 is 2.04 bits per heavy atom. The number of amides is 1. The first kappa shape index (κ1) is 14.2. The first-order valence-corrected chi connectivity index (χ1v) is 7.76. The number of hydrogen-bond donors (Lipinski definition) is 2. The van der Waals surface area contributed by atoms with Crippen LogP contribution in [0.3, 0.4) is 0 Å². The van der Waals surface area contributed by atoms with Crippen molar-refractivity contribution >= 4 is 16.8 Å². The molecule has 2 saturated heterocycles. The zero-order valence-electron chi connectivity index (χ0n) is 12.6. The number of nitrogens with zero attached hydrogens (tertiary/aromatic N) is 2. The average Bonchev–Trinajstić information content (AvgIpc) is 3.07. The number of carbonyl (C=O) groups is 1. The Morgan fingerprint density at radius 1 is 1.30 bits per heavy atom. The van der Waals surface area contributed by atoms with E-state index >= 15 is 0 Å². The number of para-hydroxylation sites is 1. The van der Waals surface area contributed by atoms with E-state index in [1.54, 1.807) is 29.2 Å². The molecular weight excluding hydrogens is 296 g/mol. The van der Waals surface area contributed by atoms with Gasteiger partial charge in [0.25, 0.3) is 5.56 Å². The van der Waals surface area contributed by atoms with E-state index in [2.05, 4.69) is 4.98 Å². The molecule has 0 spiro atoms. The molecule has 7 heteroatoms. The molecule has 120 valence electrons. The number of benzene rings is 1. The normalized spacial score (nSPS) is 25.6. The Morgan fingerprint density at radius 3 is 2.78 bits per heavy atom. The molecule has 7 nitrogen and oxygen atoms in total. The lowest BCUT2D eigenvalue weighted by atomic mass is 9.73. The highest BCUT2D eigenvalue weighted by atomic mass is 16.2. The quantitative estimate of drug-likeness (QED) is 0.808. The van der Waals surface area contributed by atoms with Crippen molar-refractivity contribution < 1.29 is 4.79 Å². The lowest BCUT2D eigenvalue weighted by Gasteiger charge is -2.41. The van der Waals surface area contributed by atoms with Gasteiger partial charge in [0.15, 0.2) is 0 Å². The Kier molecular flexibility index (Phi) is 2.96. The fourth-order valence-electron chi connectivity index (χ4n) is 4.02. The van der Waals surface area contributed by atoms with Crippen LogP contribution in [0, 0.1) is 5.92 Å². The molecule has 0 unspecified atom stereocenters. The summed E-state index contributed by atoms with van der Waals surface area (Å²) in [5.41, 5.74) is 5.06. The molecule has 0 atom stereocenters. The van der Waals surface area contributed by atoms with Gasteiger partial charge in [-0.15, -0.1) is 0 Å². The molecule has 2 bridgehead atoms. The summed E-state index contributed by atoms with van der Waals surface area (Å²) in [7, 11) is 0. The Bertz CT molecular complexity index is 907. The van der Waals surface area contributed by atoms with Crippen LogP contribution in [0.15, 0.2) is 33.9 Å². The van der Waals surface area contributed by atoms with E-state index in [4.69, 9.17) is 5.73 Å². The highest BCUT2D eigenvalue weighted by Gasteiger charge is 2.56. The van der Waals surface area contributed by atoms with Crippen LogP contribution in [0.2, 0.25) is 0 Å². The van der Waals surface area contributed by atoms with E-state index in [1.807, 2.05) is 0 Å². The number of carbonyl (C=O) groups excluding carboxylic acids is 1. The largest absolute Gasteiger partial charge is 0.334 e. The third kappa shape index (κ3) is 1.96. The van der Waals surface area contributed by atoms with Crippen molar-refractivity contribution in [1.29, 1.82) is 0 Å². The number of hydrogen-bond acceptors (Lipinski definition) is 4. The number of aromatic amines is 1. The van der Waals surface area contributed by atoms with E-state index in [1.165, 1.54) is 0 Å². The molecule has 3 aliphatic rings. The number of nitrogens with two attached hydrogens (primary N) is 1. The summed E-state index contributed by atoms with van der Waals surface area (Å²) < 4.78 is 0.977. The molecule has 1 aromatic heterocycles. The van der Waals surface area contributed by atoms with Crippen LogP contribution in [0.25, 0.3) is 10.9 Å². The van der Waals surface area contributed by atoms with Gasteiger partial charge in [0.2, 0.25) is 5.91 Å². The number of fused-ring (bicyclic) bond motifs is 2. The fourth-order valence-corrected chi connectivity index (χ4v) is 4.02. The summed E-state index contributed by atoms with van der Waals surface area (Å²) in [6.45, 7) is 0.863. The van der Waals surface area contributed by atoms with Gasteiger partial charge in [-0.25, -0.2) is 4.79 Å². The van der Waals surface area contributed by atoms with Gasteiger partial charge in [-0.1, -0.05) is 12.1 Å². The molecule has 1 amide bonds. The zero-order valence-corrected chi connectivity index (χ0v) is 12.6. The van der Waals surface area contributed by atoms with E-state index in [9.17, 15) is 14.4 Å². The van der Waals surface area contributed by atoms with Crippen molar-refractivity contribution in [1.82, 2.24) is 14.5 Å². The molecule has 1 saturated carbocycles. The predicted octanol–water partition coefficient (Wildman–Crippen LogP) is -0.361. The fraction of sp³-hybridized carbons (Fsp3) is 0.438. The van der Waals surface area contributed by atoms with Crippen LogP contribution in [0.5, 0.6) is 0 Å². The summed E-state index contributed by atoms with van der Waals surface area (Å²) in [6, 6.07) is 6.79. The molecular formula is C16H18N4O3. The van der Waals surface area contributed by atoms with Crippen molar-refractivity contribution in [3.8, 4) is 0 Å². The standard InChI is InChI=1S/C16H18N4O3/c17-9-16-5-10(6-16)7-20(16)13(21)8-19-14(22)11-3-1-2-4-12(11)18-15(19)23/h1-4,10H,5-9,17H2,(H,18,23). The smallest absolute Gasteiger partial charge is 0.329 e. The van der Waals surface area contributed by atoms with E-state index in [0.29, 0.717) is 29.9 Å². The Hall–Kier alpha value is -2.41. The summed E-state index contributed by atoms with van der Waals surface area (Å²) in [6.07, 6.45) is 1.86. The second kappa shape index (κ2) is 4.79. The summed E-state index contributed by atoms with van der Waals surface area (Å²) in [5, 5.41) is 0.402. The summed E-state index contributed by atoms with van der Waals surface area (Å²) in [4.78, 5) is 41.7. The minimum atomic E-state index is -0.560. The maximum absolute atomic E-state index is 12.6. The zero-order chi connectivity index (χ0) is 16.2. The SMILES string of the molecule is NCC12CC(CN1C(=O)Cn1c(=O)[nH]c3ccccc3c1=O)C2. The summed E-state index contributed by atoms with van der Waals surface area (Å²) >= 11 is 0. The van der Waals surface area contributed by atoms with Crippen LogP contribution < -0.4 is 17.0 Å². The van der Waals surface area contributed by atoms with Gasteiger partial charge >= 0.3 is 5.69 Å². The van der Waals surface area contributed by atoms with Crippen LogP contribution in [0.1, 0.15) is 12.8 Å². The summed E-state index contributed by atoms with van der Waals surface area (Å²) in [5.74, 6) is 0.299. The monoisotopic (exact) mass is 314 g/mol. The minimum absolute atomic E-state index is 0.210. The molecule has 0 radical (unpaired) electrons. The molecule has 3 heterocycles. The molecule has 2 aromatic rings. The Labute approximate surface area is 131 Å². The maximum atomic E-state index is 12.6. The second-order valence-corrected chi connectivity index (χ2v) is 6.57. The van der Waals surface area contributed by atoms with Gasteiger partial charge in [-0.05, 0) is 30.9 Å². The molecule has 1 aromatic carbocycles. The van der Waals surface area contributed by atoms with Gasteiger partial charge in [-0.2, -0.15) is 0 Å². The van der Waals surface area contributed by atoms with Crippen LogP contribution in [-0.4, -0.2) is 39.0 Å². The predicted molar refractivity (Wildman–Crippen MR) is 85.1 cm³/mol. The minimum Gasteiger partial charge on any atom is -0.334 e. The molecule has 3 N–H and O–H groups in total. The first-order chi connectivity index (χ1) is 11.0. The second-order valence-electron chi connectivity index (χ2n) is 6.57. The number of rotatable bonds is 3. The van der Waals surface area contributed by atoms with Crippen molar-refractivity contribution in [2.75, 3.05) is 13.1 Å². The van der Waals surface area contributed by atoms with Crippen LogP contribution >= 0.6 is 0 Å². The van der Waals surface area contributed by atoms with Crippen molar-refractivity contribution in [3.05, 3.63) is 45.1 Å². The lowest BCUT2D eigenvalue weighted by molar-refractivity contribution is -0.135. The third-order valence-electron chi connectivity index (χ3n) is 5.21. The average molecular weight is 314 g/mol. The van der Waals surface area contributed by atoms with Crippen LogP contribution in [0.4, 0.5) is 0 Å². The Balaban J connectivity index is 1.70. The van der Waals surface area contributed by atoms with E-state index in [-0.39, 0.29) is 18.0 Å². The molecule has 5 rings (SSSR count). The maximum Gasteiger partial charge on any atom is 0.329 e. The molecule has 23 heavy (non-hydrogen) atoms. The lowest BCUT2D eigenvalue weighted by Crippen LogP contribution is -2.55. The van der Waals surface area contributed by atoms with E-state index in [0.717, 1.165) is 17.4 Å². The third-order valence-corrected chi connectivity index (χ3v) is 5.21. The van der Waals surface area contributed by atoms with Crippen molar-refractivity contribution in [3.63, 3.8) is 0 Å². The molecule has 1 aliphatic carbocycles.